The molecule has 1 amide bonds. The average Bonchev–Trinajstić information content (AvgIpc) is 3.11. The van der Waals surface area contributed by atoms with E-state index in [1.807, 2.05) is 36.4 Å². The zero-order valence-corrected chi connectivity index (χ0v) is 13.8. The van der Waals surface area contributed by atoms with E-state index >= 15 is 0 Å². The van der Waals surface area contributed by atoms with Crippen LogP contribution in [0.1, 0.15) is 11.1 Å². The number of phenolic OH excluding ortho intramolecular Hbond substituents is 1. The zero-order valence-electron chi connectivity index (χ0n) is 13.8. The quantitative estimate of drug-likeness (QED) is 0.561. The summed E-state index contributed by atoms with van der Waals surface area (Å²) in [5.74, 6) is 1.16. The SMILES string of the molecule is O=C(Cc1ccc2c(c1)OCO2)N/N=C\c1c(O)ccc2ccccc12. The summed E-state index contributed by atoms with van der Waals surface area (Å²) in [5, 5.41) is 15.9. The summed E-state index contributed by atoms with van der Waals surface area (Å²) in [4.78, 5) is 12.1. The van der Waals surface area contributed by atoms with Gasteiger partial charge in [0.05, 0.1) is 12.6 Å². The third kappa shape index (κ3) is 3.17. The normalized spacial score (nSPS) is 12.6. The van der Waals surface area contributed by atoms with Crippen LogP contribution in [0.3, 0.4) is 0 Å². The molecule has 0 spiro atoms. The van der Waals surface area contributed by atoms with Gasteiger partial charge in [0.1, 0.15) is 5.75 Å². The Morgan fingerprint density at radius 2 is 1.96 bits per heavy atom. The first-order chi connectivity index (χ1) is 12.7. The van der Waals surface area contributed by atoms with E-state index in [4.69, 9.17) is 9.47 Å². The molecule has 3 aromatic rings. The second kappa shape index (κ2) is 6.76. The molecule has 0 unspecified atom stereocenters. The number of ether oxygens (including phenoxy) is 2. The van der Waals surface area contributed by atoms with E-state index in [1.54, 1.807) is 18.2 Å². The summed E-state index contributed by atoms with van der Waals surface area (Å²) < 4.78 is 10.6. The van der Waals surface area contributed by atoms with Gasteiger partial charge >= 0.3 is 0 Å². The van der Waals surface area contributed by atoms with Crippen molar-refractivity contribution in [2.75, 3.05) is 6.79 Å². The number of benzene rings is 3. The van der Waals surface area contributed by atoms with Gasteiger partial charge in [-0.05, 0) is 34.5 Å². The van der Waals surface area contributed by atoms with E-state index in [-0.39, 0.29) is 24.9 Å². The number of nitrogens with one attached hydrogen (secondary N) is 1. The molecule has 0 fully saturated rings. The molecule has 4 rings (SSSR count). The zero-order chi connectivity index (χ0) is 17.9. The van der Waals surface area contributed by atoms with Gasteiger partial charge in [0.25, 0.3) is 0 Å². The maximum absolute atomic E-state index is 12.1. The highest BCUT2D eigenvalue weighted by Crippen LogP contribution is 2.32. The molecule has 0 aromatic heterocycles. The number of nitrogens with zero attached hydrogens (tertiary/aromatic N) is 1. The molecule has 0 bridgehead atoms. The van der Waals surface area contributed by atoms with Gasteiger partial charge in [-0.2, -0.15) is 5.10 Å². The van der Waals surface area contributed by atoms with E-state index in [1.165, 1.54) is 6.21 Å². The minimum absolute atomic E-state index is 0.109. The maximum atomic E-state index is 12.1. The largest absolute Gasteiger partial charge is 0.507 e. The molecule has 6 nitrogen and oxygen atoms in total. The molecular formula is C20H16N2O4. The van der Waals surface area contributed by atoms with Crippen LogP contribution in [0.2, 0.25) is 0 Å². The predicted molar refractivity (Wildman–Crippen MR) is 97.6 cm³/mol. The van der Waals surface area contributed by atoms with Crippen molar-refractivity contribution in [1.82, 2.24) is 5.43 Å². The third-order valence-electron chi connectivity index (χ3n) is 4.13. The number of fused-ring (bicyclic) bond motifs is 2. The minimum Gasteiger partial charge on any atom is -0.507 e. The molecule has 26 heavy (non-hydrogen) atoms. The van der Waals surface area contributed by atoms with Crippen LogP contribution < -0.4 is 14.9 Å². The Hall–Kier alpha value is -3.54. The Kier molecular flexibility index (Phi) is 4.15. The van der Waals surface area contributed by atoms with Crippen LogP contribution in [0.15, 0.2) is 59.7 Å². The van der Waals surface area contributed by atoms with Gasteiger partial charge in [0.15, 0.2) is 11.5 Å². The molecule has 0 atom stereocenters. The van der Waals surface area contributed by atoms with Crippen molar-refractivity contribution in [2.45, 2.75) is 6.42 Å². The Morgan fingerprint density at radius 3 is 2.88 bits per heavy atom. The van der Waals surface area contributed by atoms with Crippen molar-refractivity contribution in [3.63, 3.8) is 0 Å². The van der Waals surface area contributed by atoms with Crippen LogP contribution in [-0.4, -0.2) is 24.0 Å². The van der Waals surface area contributed by atoms with Gasteiger partial charge in [0.2, 0.25) is 12.7 Å². The number of carbonyl (C=O) groups is 1. The van der Waals surface area contributed by atoms with Crippen LogP contribution in [0.5, 0.6) is 17.2 Å². The number of hydrogen-bond donors (Lipinski definition) is 2. The minimum atomic E-state index is -0.264. The molecule has 0 aliphatic carbocycles. The fourth-order valence-electron chi connectivity index (χ4n) is 2.86. The van der Waals surface area contributed by atoms with Crippen LogP contribution in [0, 0.1) is 0 Å². The fourth-order valence-corrected chi connectivity index (χ4v) is 2.86. The lowest BCUT2D eigenvalue weighted by molar-refractivity contribution is -0.120. The highest BCUT2D eigenvalue weighted by atomic mass is 16.7. The smallest absolute Gasteiger partial charge is 0.244 e. The summed E-state index contributed by atoms with van der Waals surface area (Å²) >= 11 is 0. The Morgan fingerprint density at radius 1 is 1.12 bits per heavy atom. The lowest BCUT2D eigenvalue weighted by atomic mass is 10.0. The molecule has 3 aromatic carbocycles. The Labute approximate surface area is 149 Å². The predicted octanol–water partition coefficient (Wildman–Crippen LogP) is 2.97. The van der Waals surface area contributed by atoms with E-state index in [9.17, 15) is 9.90 Å². The first-order valence-electron chi connectivity index (χ1n) is 8.12. The van der Waals surface area contributed by atoms with E-state index in [2.05, 4.69) is 10.5 Å². The number of phenols is 1. The van der Waals surface area contributed by atoms with Gasteiger partial charge in [-0.3, -0.25) is 4.79 Å². The maximum Gasteiger partial charge on any atom is 0.244 e. The Balaban J connectivity index is 1.45. The summed E-state index contributed by atoms with van der Waals surface area (Å²) in [6.07, 6.45) is 1.62. The lowest BCUT2D eigenvalue weighted by Gasteiger charge is -2.05. The van der Waals surface area contributed by atoms with Crippen molar-refractivity contribution in [1.29, 1.82) is 0 Å². The van der Waals surface area contributed by atoms with Gasteiger partial charge < -0.3 is 14.6 Å². The number of hydrogen-bond acceptors (Lipinski definition) is 5. The molecule has 0 saturated carbocycles. The van der Waals surface area contributed by atoms with Gasteiger partial charge in [-0.25, -0.2) is 5.43 Å². The van der Waals surface area contributed by atoms with Gasteiger partial charge in [-0.1, -0.05) is 36.4 Å². The summed E-state index contributed by atoms with van der Waals surface area (Å²) in [5.41, 5.74) is 3.85. The second-order valence-electron chi connectivity index (χ2n) is 5.88. The standard InChI is InChI=1S/C20H16N2O4/c23-17-7-6-14-3-1-2-4-15(14)16(17)11-21-22-20(24)10-13-5-8-18-19(9-13)26-12-25-18/h1-9,11,23H,10,12H2,(H,22,24)/b21-11-. The van der Waals surface area contributed by atoms with Crippen LogP contribution >= 0.6 is 0 Å². The number of aromatic hydroxyl groups is 1. The van der Waals surface area contributed by atoms with E-state index < -0.39 is 0 Å². The van der Waals surface area contributed by atoms with Crippen molar-refractivity contribution in [3.05, 3.63) is 65.7 Å². The van der Waals surface area contributed by atoms with Gasteiger partial charge in [0, 0.05) is 5.56 Å². The molecule has 1 aliphatic heterocycles. The lowest BCUT2D eigenvalue weighted by Crippen LogP contribution is -2.19. The summed E-state index contributed by atoms with van der Waals surface area (Å²) in [6, 6.07) is 16.5. The number of amides is 1. The van der Waals surface area contributed by atoms with Crippen molar-refractivity contribution in [2.24, 2.45) is 5.10 Å². The average molecular weight is 348 g/mol. The molecule has 1 heterocycles. The highest BCUT2D eigenvalue weighted by molar-refractivity contribution is 6.02. The molecule has 2 N–H and O–H groups in total. The first-order valence-corrected chi connectivity index (χ1v) is 8.12. The number of hydrazone groups is 1. The molecule has 130 valence electrons. The molecule has 6 heteroatoms. The molecule has 1 aliphatic rings. The third-order valence-corrected chi connectivity index (χ3v) is 4.13. The van der Waals surface area contributed by atoms with Gasteiger partial charge in [-0.15, -0.1) is 0 Å². The van der Waals surface area contributed by atoms with Crippen LogP contribution in [0.4, 0.5) is 0 Å². The van der Waals surface area contributed by atoms with Crippen LogP contribution in [-0.2, 0) is 11.2 Å². The number of carbonyl (C=O) groups excluding carboxylic acids is 1. The first kappa shape index (κ1) is 16.0. The van der Waals surface area contributed by atoms with Crippen LogP contribution in [0.25, 0.3) is 10.8 Å². The summed E-state index contributed by atoms with van der Waals surface area (Å²) in [7, 11) is 0. The highest BCUT2D eigenvalue weighted by Gasteiger charge is 2.14. The molecule has 0 saturated heterocycles. The number of rotatable bonds is 4. The Bertz CT molecular complexity index is 1010. The van der Waals surface area contributed by atoms with E-state index in [0.717, 1.165) is 16.3 Å². The topological polar surface area (TPSA) is 80.2 Å². The molecular weight excluding hydrogens is 332 g/mol. The summed E-state index contributed by atoms with van der Waals surface area (Å²) in [6.45, 7) is 0.198. The molecule has 0 radical (unpaired) electrons. The van der Waals surface area contributed by atoms with Crippen molar-refractivity contribution >= 4 is 22.9 Å². The monoisotopic (exact) mass is 348 g/mol. The van der Waals surface area contributed by atoms with E-state index in [0.29, 0.717) is 17.1 Å². The van der Waals surface area contributed by atoms with Crippen molar-refractivity contribution in [3.8, 4) is 17.2 Å². The fraction of sp³-hybridized carbons (Fsp3) is 0.100. The van der Waals surface area contributed by atoms with Crippen molar-refractivity contribution < 1.29 is 19.4 Å². The second-order valence-corrected chi connectivity index (χ2v) is 5.88.